The Balaban J connectivity index is 1.57. The summed E-state index contributed by atoms with van der Waals surface area (Å²) in [4.78, 5) is 28.5. The third-order valence-corrected chi connectivity index (χ3v) is 5.05. The fourth-order valence-corrected chi connectivity index (χ4v) is 3.66. The van der Waals surface area contributed by atoms with Gasteiger partial charge in [-0.15, -0.1) is 0 Å². The number of rotatable bonds is 2. The number of ether oxygens (including phenoxy) is 1. The molecule has 3 heterocycles. The van der Waals surface area contributed by atoms with Gasteiger partial charge in [0.2, 0.25) is 5.91 Å². The van der Waals surface area contributed by atoms with Crippen molar-refractivity contribution < 1.29 is 14.3 Å². The maximum Gasteiger partial charge on any atom is 0.265 e. The second-order valence-corrected chi connectivity index (χ2v) is 6.71. The van der Waals surface area contributed by atoms with Crippen molar-refractivity contribution in [3.63, 3.8) is 0 Å². The summed E-state index contributed by atoms with van der Waals surface area (Å²) in [5.41, 5.74) is 1.65. The molecule has 2 amide bonds. The summed E-state index contributed by atoms with van der Waals surface area (Å²) in [5, 5.41) is 0.499. The Labute approximate surface area is 150 Å². The van der Waals surface area contributed by atoms with Crippen LogP contribution >= 0.6 is 11.6 Å². The Bertz CT molecular complexity index is 848. The van der Waals surface area contributed by atoms with E-state index in [-0.39, 0.29) is 31.0 Å². The molecule has 7 heteroatoms. The molecule has 25 heavy (non-hydrogen) atoms. The summed E-state index contributed by atoms with van der Waals surface area (Å²) in [7, 11) is 0. The smallest absolute Gasteiger partial charge is 0.265 e. The maximum absolute atomic E-state index is 12.9. The molecule has 0 saturated carbocycles. The molecule has 0 radical (unpaired) electrons. The van der Waals surface area contributed by atoms with Crippen LogP contribution in [0.4, 0.5) is 5.69 Å². The molecular weight excluding hydrogens is 342 g/mol. The van der Waals surface area contributed by atoms with E-state index in [9.17, 15) is 9.59 Å². The second-order valence-electron chi connectivity index (χ2n) is 6.27. The monoisotopic (exact) mass is 359 g/mol. The average molecular weight is 360 g/mol. The van der Waals surface area contributed by atoms with Crippen LogP contribution in [0.15, 0.2) is 36.5 Å². The molecular formula is C18H18ClN3O3. The number of benzene rings is 1. The van der Waals surface area contributed by atoms with Crippen molar-refractivity contribution in [2.24, 2.45) is 0 Å². The normalized spacial score (nSPS) is 19.3. The zero-order valence-corrected chi connectivity index (χ0v) is 14.6. The fourth-order valence-electron chi connectivity index (χ4n) is 3.49. The predicted octanol–water partition coefficient (Wildman–Crippen LogP) is 2.47. The van der Waals surface area contributed by atoms with Crippen LogP contribution in [0.3, 0.4) is 0 Å². The Morgan fingerprint density at radius 1 is 1.32 bits per heavy atom. The summed E-state index contributed by atoms with van der Waals surface area (Å²) in [5.74, 6) is 0.245. The van der Waals surface area contributed by atoms with Crippen LogP contribution in [0.5, 0.6) is 5.75 Å². The van der Waals surface area contributed by atoms with E-state index in [1.54, 1.807) is 18.2 Å². The van der Waals surface area contributed by atoms with Crippen LogP contribution in [0.2, 0.25) is 5.02 Å². The number of fused-ring (bicyclic) bond motifs is 2. The molecule has 2 aliphatic heterocycles. The van der Waals surface area contributed by atoms with Gasteiger partial charge in [-0.1, -0.05) is 11.6 Å². The zero-order valence-electron chi connectivity index (χ0n) is 13.8. The molecule has 0 aliphatic carbocycles. The molecule has 0 fully saturated rings. The topological polar surface area (TPSA) is 54.8 Å². The fraction of sp³-hybridized carbons (Fsp3) is 0.333. The van der Waals surface area contributed by atoms with Gasteiger partial charge in [0.15, 0.2) is 6.61 Å². The van der Waals surface area contributed by atoms with Gasteiger partial charge in [0.05, 0.1) is 11.7 Å². The summed E-state index contributed by atoms with van der Waals surface area (Å²) in [6.45, 7) is 3.32. The van der Waals surface area contributed by atoms with E-state index in [2.05, 4.69) is 4.57 Å². The molecule has 130 valence electrons. The quantitative estimate of drug-likeness (QED) is 0.827. The molecule has 6 nitrogen and oxygen atoms in total. The Morgan fingerprint density at radius 3 is 3.00 bits per heavy atom. The molecule has 1 unspecified atom stereocenters. The summed E-state index contributed by atoms with van der Waals surface area (Å²) in [6, 6.07) is 9.08. The lowest BCUT2D eigenvalue weighted by molar-refractivity contribution is -0.134. The minimum absolute atomic E-state index is 0.0133. The number of hydrogen-bond acceptors (Lipinski definition) is 3. The second kappa shape index (κ2) is 6.11. The van der Waals surface area contributed by atoms with E-state index < -0.39 is 0 Å². The first-order valence-corrected chi connectivity index (χ1v) is 8.59. The molecule has 1 aromatic heterocycles. The summed E-state index contributed by atoms with van der Waals surface area (Å²) in [6.07, 6.45) is 2.03. The molecule has 2 aromatic rings. The predicted molar refractivity (Wildman–Crippen MR) is 93.9 cm³/mol. The van der Waals surface area contributed by atoms with Crippen molar-refractivity contribution in [3.8, 4) is 5.75 Å². The van der Waals surface area contributed by atoms with Gasteiger partial charge in [0.25, 0.3) is 5.91 Å². The maximum atomic E-state index is 12.9. The van der Waals surface area contributed by atoms with E-state index in [0.29, 0.717) is 23.0 Å². The van der Waals surface area contributed by atoms with Crippen LogP contribution in [-0.4, -0.2) is 41.0 Å². The van der Waals surface area contributed by atoms with Gasteiger partial charge in [0, 0.05) is 30.0 Å². The summed E-state index contributed by atoms with van der Waals surface area (Å²) < 4.78 is 7.58. The molecule has 0 saturated heterocycles. The van der Waals surface area contributed by atoms with Gasteiger partial charge >= 0.3 is 0 Å². The highest BCUT2D eigenvalue weighted by Gasteiger charge is 2.32. The molecule has 0 N–H and O–H groups in total. The number of aromatic nitrogens is 1. The summed E-state index contributed by atoms with van der Waals surface area (Å²) >= 11 is 6.05. The van der Waals surface area contributed by atoms with E-state index in [0.717, 1.165) is 12.2 Å². The highest BCUT2D eigenvalue weighted by atomic mass is 35.5. The highest BCUT2D eigenvalue weighted by Crippen LogP contribution is 2.35. The lowest BCUT2D eigenvalue weighted by Gasteiger charge is -2.37. The lowest BCUT2D eigenvalue weighted by atomic mass is 10.1. The van der Waals surface area contributed by atoms with Crippen molar-refractivity contribution in [1.29, 1.82) is 0 Å². The van der Waals surface area contributed by atoms with Crippen molar-refractivity contribution >= 4 is 29.1 Å². The number of hydrogen-bond donors (Lipinski definition) is 0. The van der Waals surface area contributed by atoms with Gasteiger partial charge in [-0.05, 0) is 37.3 Å². The van der Waals surface area contributed by atoms with E-state index in [1.807, 2.05) is 30.2 Å². The number of carbonyl (C=O) groups is 2. The van der Waals surface area contributed by atoms with Crippen molar-refractivity contribution in [2.75, 3.05) is 24.6 Å². The minimum Gasteiger partial charge on any atom is -0.482 e. The van der Waals surface area contributed by atoms with Crippen molar-refractivity contribution in [3.05, 3.63) is 47.2 Å². The number of amides is 2. The average Bonchev–Trinajstić information content (AvgIpc) is 3.07. The highest BCUT2D eigenvalue weighted by molar-refractivity contribution is 6.31. The molecule has 0 bridgehead atoms. The Kier molecular flexibility index (Phi) is 3.92. The number of carbonyl (C=O) groups excluding carboxylic acids is 2. The molecule has 0 spiro atoms. The van der Waals surface area contributed by atoms with Gasteiger partial charge in [-0.3, -0.25) is 14.5 Å². The standard InChI is InChI=1S/C18H18ClN3O3/c1-12-14-3-2-6-20(14)7-8-21(12)17(23)10-22-15-9-13(19)4-5-16(15)25-11-18(22)24/h2-6,9,12H,7-8,10-11H2,1H3. The Morgan fingerprint density at radius 2 is 2.16 bits per heavy atom. The molecule has 1 atom stereocenters. The van der Waals surface area contributed by atoms with E-state index >= 15 is 0 Å². The first-order chi connectivity index (χ1) is 12.0. The van der Waals surface area contributed by atoms with Crippen LogP contribution in [0, 0.1) is 0 Å². The van der Waals surface area contributed by atoms with Gasteiger partial charge in [-0.25, -0.2) is 0 Å². The van der Waals surface area contributed by atoms with Gasteiger partial charge < -0.3 is 14.2 Å². The van der Waals surface area contributed by atoms with Crippen LogP contribution in [0.25, 0.3) is 0 Å². The van der Waals surface area contributed by atoms with E-state index in [1.165, 1.54) is 4.90 Å². The third-order valence-electron chi connectivity index (χ3n) is 4.82. The van der Waals surface area contributed by atoms with Gasteiger partial charge in [-0.2, -0.15) is 0 Å². The first-order valence-electron chi connectivity index (χ1n) is 8.22. The van der Waals surface area contributed by atoms with Gasteiger partial charge in [0.1, 0.15) is 12.3 Å². The van der Waals surface area contributed by atoms with Crippen molar-refractivity contribution in [2.45, 2.75) is 19.5 Å². The van der Waals surface area contributed by atoms with Crippen LogP contribution in [-0.2, 0) is 16.1 Å². The number of anilines is 1. The van der Waals surface area contributed by atoms with Crippen LogP contribution in [0.1, 0.15) is 18.7 Å². The first kappa shape index (κ1) is 16.0. The van der Waals surface area contributed by atoms with E-state index in [4.69, 9.17) is 16.3 Å². The van der Waals surface area contributed by atoms with Crippen LogP contribution < -0.4 is 9.64 Å². The largest absolute Gasteiger partial charge is 0.482 e. The molecule has 4 rings (SSSR count). The Hall–Kier alpha value is -2.47. The number of nitrogens with zero attached hydrogens (tertiary/aromatic N) is 3. The zero-order chi connectivity index (χ0) is 17.6. The minimum atomic E-state index is -0.240. The van der Waals surface area contributed by atoms with Crippen molar-refractivity contribution in [1.82, 2.24) is 9.47 Å². The SMILES string of the molecule is CC1c2cccn2CCN1C(=O)CN1C(=O)COc2ccc(Cl)cc21. The third kappa shape index (κ3) is 2.76. The number of halogens is 1. The molecule has 2 aliphatic rings. The lowest BCUT2D eigenvalue weighted by Crippen LogP contribution is -2.49. The molecule has 1 aromatic carbocycles.